The van der Waals surface area contributed by atoms with Gasteiger partial charge in [-0.2, -0.15) is 0 Å². The second-order valence-corrected chi connectivity index (χ2v) is 4.63. The van der Waals surface area contributed by atoms with E-state index in [4.69, 9.17) is 10.8 Å². The van der Waals surface area contributed by atoms with Crippen LogP contribution < -0.4 is 11.1 Å². The first-order valence-electron chi connectivity index (χ1n) is 5.73. The summed E-state index contributed by atoms with van der Waals surface area (Å²) in [6.07, 6.45) is 3.44. The third-order valence-electron chi connectivity index (χ3n) is 2.86. The second kappa shape index (κ2) is 4.80. The number of anilines is 2. The number of nitrogens with zero attached hydrogens (tertiary/aromatic N) is 1. The monoisotopic (exact) mass is 247 g/mol. The molecule has 1 atom stereocenters. The number of pyridine rings is 1. The first-order chi connectivity index (χ1) is 8.53. The number of aromatic nitrogens is 1. The van der Waals surface area contributed by atoms with E-state index >= 15 is 0 Å². The Labute approximate surface area is 105 Å². The van der Waals surface area contributed by atoms with Crippen LogP contribution in [0.25, 0.3) is 10.8 Å². The predicted molar refractivity (Wildman–Crippen MR) is 72.4 cm³/mol. The van der Waals surface area contributed by atoms with E-state index in [1.165, 1.54) is 0 Å². The van der Waals surface area contributed by atoms with Crippen LogP contribution in [-0.2, 0) is 0 Å². The summed E-state index contributed by atoms with van der Waals surface area (Å²) >= 11 is 0. The van der Waals surface area contributed by atoms with Crippen molar-refractivity contribution < 1.29 is 10.2 Å². The molecule has 2 rings (SSSR count). The maximum atomic E-state index is 9.73. The van der Waals surface area contributed by atoms with Crippen molar-refractivity contribution in [3.8, 4) is 0 Å². The van der Waals surface area contributed by atoms with Crippen LogP contribution in [0.4, 0.5) is 11.4 Å². The van der Waals surface area contributed by atoms with Crippen LogP contribution in [0.5, 0.6) is 0 Å². The average molecular weight is 247 g/mol. The Morgan fingerprint density at radius 3 is 2.89 bits per heavy atom. The van der Waals surface area contributed by atoms with Crippen LogP contribution in [0.1, 0.15) is 6.92 Å². The molecular weight excluding hydrogens is 230 g/mol. The molecule has 0 spiro atoms. The Balaban J connectivity index is 2.27. The van der Waals surface area contributed by atoms with Gasteiger partial charge in [0, 0.05) is 29.7 Å². The molecule has 0 saturated carbocycles. The van der Waals surface area contributed by atoms with Gasteiger partial charge in [-0.05, 0) is 19.1 Å². The molecule has 5 N–H and O–H groups in total. The highest BCUT2D eigenvalue weighted by molar-refractivity contribution is 5.98. The molecule has 0 aliphatic heterocycles. The Bertz CT molecular complexity index is 555. The van der Waals surface area contributed by atoms with E-state index in [1.54, 1.807) is 19.3 Å². The van der Waals surface area contributed by atoms with Crippen molar-refractivity contribution in [2.45, 2.75) is 12.5 Å². The van der Waals surface area contributed by atoms with Crippen LogP contribution in [0, 0.1) is 0 Å². The van der Waals surface area contributed by atoms with Gasteiger partial charge < -0.3 is 21.3 Å². The fourth-order valence-electron chi connectivity index (χ4n) is 1.69. The van der Waals surface area contributed by atoms with E-state index in [0.29, 0.717) is 5.69 Å². The van der Waals surface area contributed by atoms with Gasteiger partial charge in [-0.25, -0.2) is 0 Å². The molecule has 0 amide bonds. The van der Waals surface area contributed by atoms with Gasteiger partial charge in [0.05, 0.1) is 18.0 Å². The number of hydrogen-bond donors (Lipinski definition) is 4. The summed E-state index contributed by atoms with van der Waals surface area (Å²) in [7, 11) is 0. The third-order valence-corrected chi connectivity index (χ3v) is 2.86. The highest BCUT2D eigenvalue weighted by Crippen LogP contribution is 2.28. The summed E-state index contributed by atoms with van der Waals surface area (Å²) in [6, 6.07) is 5.60. The van der Waals surface area contributed by atoms with Gasteiger partial charge in [-0.15, -0.1) is 0 Å². The van der Waals surface area contributed by atoms with Gasteiger partial charge in [0.1, 0.15) is 5.60 Å². The van der Waals surface area contributed by atoms with E-state index < -0.39 is 5.60 Å². The zero-order valence-corrected chi connectivity index (χ0v) is 10.2. The SMILES string of the molecule is CC(O)(CO)CNc1ccc2cnccc2c1N. The van der Waals surface area contributed by atoms with Crippen molar-refractivity contribution >= 4 is 22.1 Å². The molecule has 0 aliphatic carbocycles. The molecule has 5 nitrogen and oxygen atoms in total. The summed E-state index contributed by atoms with van der Waals surface area (Å²) in [4.78, 5) is 4.03. The molecule has 1 heterocycles. The molecule has 0 saturated heterocycles. The minimum atomic E-state index is -1.17. The molecule has 18 heavy (non-hydrogen) atoms. The Hall–Kier alpha value is -1.85. The van der Waals surface area contributed by atoms with Crippen molar-refractivity contribution in [2.24, 2.45) is 0 Å². The van der Waals surface area contributed by atoms with E-state index in [2.05, 4.69) is 10.3 Å². The topological polar surface area (TPSA) is 91.4 Å². The lowest BCUT2D eigenvalue weighted by molar-refractivity contribution is 0.0132. The molecular formula is C13H17N3O2. The second-order valence-electron chi connectivity index (χ2n) is 4.63. The van der Waals surface area contributed by atoms with Crippen LogP contribution in [0.15, 0.2) is 30.6 Å². The van der Waals surface area contributed by atoms with Crippen LogP contribution in [0.2, 0.25) is 0 Å². The summed E-state index contributed by atoms with van der Waals surface area (Å²) in [5, 5.41) is 23.6. The highest BCUT2D eigenvalue weighted by Gasteiger charge is 2.18. The number of nitrogen functional groups attached to an aromatic ring is 1. The zero-order valence-electron chi connectivity index (χ0n) is 10.2. The molecule has 1 aromatic carbocycles. The molecule has 0 fully saturated rings. The van der Waals surface area contributed by atoms with E-state index in [1.807, 2.05) is 18.2 Å². The smallest absolute Gasteiger partial charge is 0.102 e. The summed E-state index contributed by atoms with van der Waals surface area (Å²) in [5.41, 5.74) is 6.24. The van der Waals surface area contributed by atoms with Gasteiger partial charge in [0.25, 0.3) is 0 Å². The lowest BCUT2D eigenvalue weighted by Crippen LogP contribution is -2.37. The Kier molecular flexibility index (Phi) is 3.36. The molecule has 0 radical (unpaired) electrons. The Morgan fingerprint density at radius 2 is 2.17 bits per heavy atom. The van der Waals surface area contributed by atoms with Gasteiger partial charge in [-0.3, -0.25) is 4.98 Å². The number of nitrogens with one attached hydrogen (secondary N) is 1. The maximum absolute atomic E-state index is 9.73. The fraction of sp³-hybridized carbons (Fsp3) is 0.308. The zero-order chi connectivity index (χ0) is 13.2. The molecule has 96 valence electrons. The minimum absolute atomic E-state index is 0.226. The average Bonchev–Trinajstić information content (AvgIpc) is 2.38. The van der Waals surface area contributed by atoms with Crippen LogP contribution in [0.3, 0.4) is 0 Å². The summed E-state index contributed by atoms with van der Waals surface area (Å²) < 4.78 is 0. The summed E-state index contributed by atoms with van der Waals surface area (Å²) in [6.45, 7) is 1.48. The largest absolute Gasteiger partial charge is 0.397 e. The lowest BCUT2D eigenvalue weighted by Gasteiger charge is -2.22. The van der Waals surface area contributed by atoms with Crippen molar-refractivity contribution in [1.82, 2.24) is 4.98 Å². The quantitative estimate of drug-likeness (QED) is 0.604. The first kappa shape index (κ1) is 12.6. The van der Waals surface area contributed by atoms with Crippen LogP contribution in [-0.4, -0.2) is 33.9 Å². The van der Waals surface area contributed by atoms with Crippen molar-refractivity contribution in [3.63, 3.8) is 0 Å². The molecule has 0 aliphatic rings. The van der Waals surface area contributed by atoms with Gasteiger partial charge in [-0.1, -0.05) is 6.07 Å². The van der Waals surface area contributed by atoms with Gasteiger partial charge in [0.15, 0.2) is 0 Å². The standard InChI is InChI=1S/C13H17N3O2/c1-13(18,8-17)7-16-11-3-2-9-6-15-5-4-10(9)12(11)14/h2-6,16-18H,7-8,14H2,1H3. The number of nitrogens with two attached hydrogens (primary N) is 1. The van der Waals surface area contributed by atoms with Crippen molar-refractivity contribution in [3.05, 3.63) is 30.6 Å². The normalized spacial score (nSPS) is 14.4. The minimum Gasteiger partial charge on any atom is -0.397 e. The van der Waals surface area contributed by atoms with E-state index in [9.17, 15) is 5.11 Å². The predicted octanol–water partition coefficient (Wildman–Crippen LogP) is 0.972. The molecule has 5 heteroatoms. The first-order valence-corrected chi connectivity index (χ1v) is 5.73. The van der Waals surface area contributed by atoms with E-state index in [-0.39, 0.29) is 13.2 Å². The number of fused-ring (bicyclic) bond motifs is 1. The van der Waals surface area contributed by atoms with Crippen molar-refractivity contribution in [1.29, 1.82) is 0 Å². The van der Waals surface area contributed by atoms with E-state index in [0.717, 1.165) is 16.5 Å². The highest BCUT2D eigenvalue weighted by atomic mass is 16.3. The lowest BCUT2D eigenvalue weighted by atomic mass is 10.1. The number of rotatable bonds is 4. The molecule has 0 bridgehead atoms. The molecule has 2 aromatic rings. The summed E-state index contributed by atoms with van der Waals surface area (Å²) in [5.74, 6) is 0. The number of aliphatic hydroxyl groups excluding tert-OH is 1. The van der Waals surface area contributed by atoms with Crippen molar-refractivity contribution in [2.75, 3.05) is 24.2 Å². The Morgan fingerprint density at radius 1 is 1.39 bits per heavy atom. The molecule has 1 aromatic heterocycles. The molecule has 1 unspecified atom stereocenters. The maximum Gasteiger partial charge on any atom is 0.102 e. The van der Waals surface area contributed by atoms with Gasteiger partial charge in [0.2, 0.25) is 0 Å². The number of hydrogen-bond acceptors (Lipinski definition) is 5. The van der Waals surface area contributed by atoms with Gasteiger partial charge >= 0.3 is 0 Å². The van der Waals surface area contributed by atoms with Crippen LogP contribution >= 0.6 is 0 Å². The number of aliphatic hydroxyl groups is 2. The number of benzene rings is 1. The fourth-order valence-corrected chi connectivity index (χ4v) is 1.69. The third kappa shape index (κ3) is 2.52.